The Bertz CT molecular complexity index is 241. The highest BCUT2D eigenvalue weighted by molar-refractivity contribution is 6.30. The standard InChI is InChI=1S/C8H7ClO.ClH/c1-6(10)7-2-4-8(9)5-3-7;/h2-5H,1H3;1H. The molecule has 0 unspecified atom stereocenters. The normalized spacial score (nSPS) is 8.55. The summed E-state index contributed by atoms with van der Waals surface area (Å²) in [6.07, 6.45) is 0. The van der Waals surface area contributed by atoms with Gasteiger partial charge >= 0.3 is 0 Å². The van der Waals surface area contributed by atoms with Crippen molar-refractivity contribution >= 4 is 29.8 Å². The van der Waals surface area contributed by atoms with Gasteiger partial charge < -0.3 is 0 Å². The molecule has 0 saturated heterocycles. The second-order valence-corrected chi connectivity index (χ2v) is 2.50. The Morgan fingerprint density at radius 3 is 2.09 bits per heavy atom. The van der Waals surface area contributed by atoms with Crippen molar-refractivity contribution in [2.75, 3.05) is 0 Å². The minimum atomic E-state index is 0. The maximum absolute atomic E-state index is 10.7. The van der Waals surface area contributed by atoms with Gasteiger partial charge in [0, 0.05) is 10.6 Å². The molecule has 0 bridgehead atoms. The number of hydrogen-bond donors (Lipinski definition) is 0. The van der Waals surface area contributed by atoms with Crippen LogP contribution in [0.1, 0.15) is 17.3 Å². The molecule has 1 aromatic carbocycles. The molecule has 0 spiro atoms. The Labute approximate surface area is 76.8 Å². The minimum Gasteiger partial charge on any atom is -0.295 e. The molecule has 0 saturated carbocycles. The summed E-state index contributed by atoms with van der Waals surface area (Å²) >= 11 is 5.61. The van der Waals surface area contributed by atoms with Crippen LogP contribution in [0.2, 0.25) is 5.02 Å². The van der Waals surface area contributed by atoms with Crippen molar-refractivity contribution in [2.24, 2.45) is 0 Å². The fourth-order valence-electron chi connectivity index (χ4n) is 0.685. The fraction of sp³-hybridized carbons (Fsp3) is 0.125. The van der Waals surface area contributed by atoms with E-state index in [-0.39, 0.29) is 18.2 Å². The molecular formula is C8H8Cl2O. The minimum absolute atomic E-state index is 0. The number of carbonyl (C=O) groups is 1. The molecule has 1 nitrogen and oxygen atoms in total. The van der Waals surface area contributed by atoms with E-state index in [9.17, 15) is 4.79 Å². The van der Waals surface area contributed by atoms with Crippen LogP contribution < -0.4 is 0 Å². The molecular weight excluding hydrogens is 183 g/mol. The molecule has 3 heteroatoms. The highest BCUT2D eigenvalue weighted by atomic mass is 35.5. The van der Waals surface area contributed by atoms with Crippen LogP contribution in [-0.2, 0) is 0 Å². The van der Waals surface area contributed by atoms with Crippen LogP contribution >= 0.6 is 24.0 Å². The molecule has 0 fully saturated rings. The van der Waals surface area contributed by atoms with Crippen molar-refractivity contribution in [1.82, 2.24) is 0 Å². The summed E-state index contributed by atoms with van der Waals surface area (Å²) in [4.78, 5) is 10.7. The largest absolute Gasteiger partial charge is 0.295 e. The van der Waals surface area contributed by atoms with Crippen molar-refractivity contribution in [1.29, 1.82) is 0 Å². The smallest absolute Gasteiger partial charge is 0.159 e. The van der Waals surface area contributed by atoms with Crippen molar-refractivity contribution < 1.29 is 4.79 Å². The molecule has 0 aromatic heterocycles. The predicted octanol–water partition coefficient (Wildman–Crippen LogP) is 2.96. The summed E-state index contributed by atoms with van der Waals surface area (Å²) in [5.74, 6) is 0.0664. The Morgan fingerprint density at radius 2 is 1.73 bits per heavy atom. The van der Waals surface area contributed by atoms with Gasteiger partial charge in [0.05, 0.1) is 0 Å². The molecule has 11 heavy (non-hydrogen) atoms. The topological polar surface area (TPSA) is 17.1 Å². The van der Waals surface area contributed by atoms with Crippen molar-refractivity contribution in [3.05, 3.63) is 34.9 Å². The Morgan fingerprint density at radius 1 is 1.27 bits per heavy atom. The summed E-state index contributed by atoms with van der Waals surface area (Å²) in [6.45, 7) is 1.53. The third kappa shape index (κ3) is 2.91. The lowest BCUT2D eigenvalue weighted by Gasteiger charge is -1.92. The summed E-state index contributed by atoms with van der Waals surface area (Å²) in [5, 5.41) is 0.657. The van der Waals surface area contributed by atoms with Gasteiger partial charge in [-0.15, -0.1) is 12.4 Å². The maximum atomic E-state index is 10.7. The third-order valence-corrected chi connectivity index (χ3v) is 1.50. The van der Waals surface area contributed by atoms with Crippen molar-refractivity contribution in [2.45, 2.75) is 6.92 Å². The van der Waals surface area contributed by atoms with Crippen molar-refractivity contribution in [3.63, 3.8) is 0 Å². The molecule has 0 atom stereocenters. The van der Waals surface area contributed by atoms with Crippen LogP contribution in [0.5, 0.6) is 0 Å². The molecule has 0 radical (unpaired) electrons. The zero-order chi connectivity index (χ0) is 7.56. The van der Waals surface area contributed by atoms with Crippen LogP contribution in [0.15, 0.2) is 24.3 Å². The van der Waals surface area contributed by atoms with Crippen LogP contribution in [0.4, 0.5) is 0 Å². The number of halogens is 2. The molecule has 0 aliphatic carbocycles. The summed E-state index contributed by atoms with van der Waals surface area (Å²) < 4.78 is 0. The van der Waals surface area contributed by atoms with Crippen molar-refractivity contribution in [3.8, 4) is 0 Å². The second-order valence-electron chi connectivity index (χ2n) is 2.06. The quantitative estimate of drug-likeness (QED) is 0.623. The average molecular weight is 191 g/mol. The third-order valence-electron chi connectivity index (χ3n) is 1.25. The lowest BCUT2D eigenvalue weighted by atomic mass is 10.2. The number of benzene rings is 1. The van der Waals surface area contributed by atoms with E-state index in [0.29, 0.717) is 10.6 Å². The van der Waals surface area contributed by atoms with Gasteiger partial charge in [-0.3, -0.25) is 4.79 Å². The molecule has 0 N–H and O–H groups in total. The van der Waals surface area contributed by atoms with Crippen LogP contribution in [0.25, 0.3) is 0 Å². The molecule has 60 valence electrons. The summed E-state index contributed by atoms with van der Waals surface area (Å²) in [6, 6.07) is 6.84. The number of ketones is 1. The predicted molar refractivity (Wildman–Crippen MR) is 48.7 cm³/mol. The first-order valence-corrected chi connectivity index (χ1v) is 3.34. The number of carbonyl (C=O) groups excluding carboxylic acids is 1. The van der Waals surface area contributed by atoms with Gasteiger partial charge in [0.15, 0.2) is 5.78 Å². The highest BCUT2D eigenvalue weighted by Gasteiger charge is 1.95. The lowest BCUT2D eigenvalue weighted by Crippen LogP contribution is -1.89. The molecule has 0 aliphatic heterocycles. The zero-order valence-corrected chi connectivity index (χ0v) is 7.58. The van der Waals surface area contributed by atoms with Gasteiger partial charge in [-0.1, -0.05) is 11.6 Å². The van der Waals surface area contributed by atoms with E-state index >= 15 is 0 Å². The van der Waals surface area contributed by atoms with E-state index in [0.717, 1.165) is 0 Å². The van der Waals surface area contributed by atoms with Gasteiger partial charge in [0.25, 0.3) is 0 Å². The second kappa shape index (κ2) is 4.37. The number of hydrogen-bond acceptors (Lipinski definition) is 1. The van der Waals surface area contributed by atoms with Crippen LogP contribution in [-0.4, -0.2) is 5.78 Å². The maximum Gasteiger partial charge on any atom is 0.159 e. The van der Waals surface area contributed by atoms with E-state index in [2.05, 4.69) is 0 Å². The van der Waals surface area contributed by atoms with E-state index < -0.39 is 0 Å². The van der Waals surface area contributed by atoms with Gasteiger partial charge in [0.1, 0.15) is 0 Å². The summed E-state index contributed by atoms with van der Waals surface area (Å²) in [5.41, 5.74) is 0.699. The highest BCUT2D eigenvalue weighted by Crippen LogP contribution is 2.09. The van der Waals surface area contributed by atoms with Gasteiger partial charge in [0.2, 0.25) is 0 Å². The molecule has 1 rings (SSSR count). The first-order chi connectivity index (χ1) is 4.70. The van der Waals surface area contributed by atoms with E-state index in [1.54, 1.807) is 24.3 Å². The fourth-order valence-corrected chi connectivity index (χ4v) is 0.811. The summed E-state index contributed by atoms with van der Waals surface area (Å²) in [7, 11) is 0. The Hall–Kier alpha value is -0.530. The Kier molecular flexibility index (Phi) is 4.16. The van der Waals surface area contributed by atoms with Crippen LogP contribution in [0.3, 0.4) is 0 Å². The number of Topliss-reactive ketones (excluding diaryl/α,β-unsaturated/α-hetero) is 1. The van der Waals surface area contributed by atoms with Gasteiger partial charge in [-0.25, -0.2) is 0 Å². The first-order valence-electron chi connectivity index (χ1n) is 2.96. The Balaban J connectivity index is 0.000001000. The zero-order valence-electron chi connectivity index (χ0n) is 6.00. The van der Waals surface area contributed by atoms with Crippen LogP contribution in [0, 0.1) is 0 Å². The lowest BCUT2D eigenvalue weighted by molar-refractivity contribution is 0.101. The monoisotopic (exact) mass is 190 g/mol. The molecule has 0 heterocycles. The average Bonchev–Trinajstić information content (AvgIpc) is 1.88. The first kappa shape index (κ1) is 10.5. The van der Waals surface area contributed by atoms with E-state index in [1.807, 2.05) is 0 Å². The molecule has 0 amide bonds. The van der Waals surface area contributed by atoms with E-state index in [1.165, 1.54) is 6.92 Å². The van der Waals surface area contributed by atoms with E-state index in [4.69, 9.17) is 11.6 Å². The van der Waals surface area contributed by atoms with Gasteiger partial charge in [-0.2, -0.15) is 0 Å². The molecule has 1 aromatic rings. The number of rotatable bonds is 1. The SMILES string of the molecule is CC(=O)c1ccc(Cl)cc1.Cl. The molecule has 0 aliphatic rings. The van der Waals surface area contributed by atoms with Gasteiger partial charge in [-0.05, 0) is 31.2 Å².